The highest BCUT2D eigenvalue weighted by Crippen LogP contribution is 2.41. The smallest absolute Gasteiger partial charge is 0.224 e. The number of anilines is 1. The lowest BCUT2D eigenvalue weighted by Crippen LogP contribution is -2.52. The molecule has 2 aliphatic heterocycles. The van der Waals surface area contributed by atoms with Crippen LogP contribution in [0, 0.1) is 5.92 Å². The van der Waals surface area contributed by atoms with Crippen LogP contribution in [0.25, 0.3) is 0 Å². The molecule has 142 valence electrons. The standard InChI is InChI=1S/C21H31N3O2/c1-4-5-6-11-20(26)24-13-12-19(25)23(3)15-16-14-22(2)18-10-8-7-9-17(18)21(16)24/h7-10,16,21H,4-6,11-15H2,1-3H3/t16-,21-/m1/s1. The Hall–Kier alpha value is -2.04. The third-order valence-electron chi connectivity index (χ3n) is 5.77. The number of para-hydroxylation sites is 1. The molecule has 1 aromatic rings. The zero-order valence-electron chi connectivity index (χ0n) is 16.3. The Morgan fingerprint density at radius 1 is 1.12 bits per heavy atom. The van der Waals surface area contributed by atoms with E-state index in [4.69, 9.17) is 0 Å². The lowest BCUT2D eigenvalue weighted by Gasteiger charge is -2.47. The maximum atomic E-state index is 13.1. The summed E-state index contributed by atoms with van der Waals surface area (Å²) in [6.45, 7) is 4.23. The van der Waals surface area contributed by atoms with E-state index in [0.29, 0.717) is 25.9 Å². The van der Waals surface area contributed by atoms with Crippen LogP contribution >= 0.6 is 0 Å². The summed E-state index contributed by atoms with van der Waals surface area (Å²) in [6.07, 6.45) is 4.11. The summed E-state index contributed by atoms with van der Waals surface area (Å²) in [5.74, 6) is 0.570. The van der Waals surface area contributed by atoms with Crippen LogP contribution in [0.3, 0.4) is 0 Å². The topological polar surface area (TPSA) is 43.9 Å². The molecule has 3 rings (SSSR count). The molecule has 1 fully saturated rings. The van der Waals surface area contributed by atoms with Crippen molar-refractivity contribution >= 4 is 17.5 Å². The SMILES string of the molecule is CCCCCC(=O)N1CCC(=O)N(C)C[C@H]2CN(C)c3ccccc3[C@@H]21. The highest BCUT2D eigenvalue weighted by atomic mass is 16.2. The average molecular weight is 357 g/mol. The zero-order chi connectivity index (χ0) is 18.7. The summed E-state index contributed by atoms with van der Waals surface area (Å²) in [5.41, 5.74) is 2.42. The number of carbonyl (C=O) groups excluding carboxylic acids is 2. The van der Waals surface area contributed by atoms with Crippen molar-refractivity contribution in [2.24, 2.45) is 5.92 Å². The number of amides is 2. The maximum absolute atomic E-state index is 13.1. The highest BCUT2D eigenvalue weighted by Gasteiger charge is 2.40. The van der Waals surface area contributed by atoms with E-state index < -0.39 is 0 Å². The molecule has 2 heterocycles. The average Bonchev–Trinajstić information content (AvgIpc) is 2.63. The number of hydrogen-bond acceptors (Lipinski definition) is 3. The van der Waals surface area contributed by atoms with Crippen LogP contribution in [-0.2, 0) is 9.59 Å². The van der Waals surface area contributed by atoms with Crippen molar-refractivity contribution in [3.8, 4) is 0 Å². The molecule has 2 atom stereocenters. The van der Waals surface area contributed by atoms with Crippen molar-refractivity contribution < 1.29 is 9.59 Å². The van der Waals surface area contributed by atoms with Gasteiger partial charge in [0.25, 0.3) is 0 Å². The molecule has 0 unspecified atom stereocenters. The molecule has 1 saturated heterocycles. The van der Waals surface area contributed by atoms with Gasteiger partial charge in [-0.25, -0.2) is 0 Å². The molecule has 0 saturated carbocycles. The molecule has 0 N–H and O–H groups in total. The minimum absolute atomic E-state index is 0.0621. The summed E-state index contributed by atoms with van der Waals surface area (Å²) in [6, 6.07) is 8.47. The van der Waals surface area contributed by atoms with Gasteiger partial charge >= 0.3 is 0 Å². The first-order valence-corrected chi connectivity index (χ1v) is 9.86. The quantitative estimate of drug-likeness (QED) is 0.778. The van der Waals surface area contributed by atoms with Crippen LogP contribution in [0.5, 0.6) is 0 Å². The first-order valence-electron chi connectivity index (χ1n) is 9.86. The van der Waals surface area contributed by atoms with Crippen molar-refractivity contribution in [1.29, 1.82) is 0 Å². The van der Waals surface area contributed by atoms with Crippen LogP contribution in [0.2, 0.25) is 0 Å². The van der Waals surface area contributed by atoms with Crippen LogP contribution in [0.1, 0.15) is 50.6 Å². The maximum Gasteiger partial charge on any atom is 0.224 e. The van der Waals surface area contributed by atoms with Crippen LogP contribution in [0.4, 0.5) is 5.69 Å². The summed E-state index contributed by atoms with van der Waals surface area (Å²) >= 11 is 0. The molecule has 0 aromatic heterocycles. The first-order chi connectivity index (χ1) is 12.5. The summed E-state index contributed by atoms with van der Waals surface area (Å²) in [4.78, 5) is 31.5. The second-order valence-corrected chi connectivity index (χ2v) is 7.71. The van der Waals surface area contributed by atoms with E-state index in [2.05, 4.69) is 43.1 Å². The van der Waals surface area contributed by atoms with Gasteiger partial charge in [-0.3, -0.25) is 9.59 Å². The molecule has 26 heavy (non-hydrogen) atoms. The van der Waals surface area contributed by atoms with Crippen molar-refractivity contribution in [2.45, 2.75) is 45.1 Å². The normalized spacial score (nSPS) is 23.2. The fraction of sp³-hybridized carbons (Fsp3) is 0.619. The van der Waals surface area contributed by atoms with Crippen molar-refractivity contribution in [2.75, 3.05) is 38.6 Å². The molecule has 0 bridgehead atoms. The van der Waals surface area contributed by atoms with Gasteiger partial charge in [0.2, 0.25) is 11.8 Å². The predicted octanol–water partition coefficient (Wildman–Crippen LogP) is 3.06. The Morgan fingerprint density at radius 2 is 1.85 bits per heavy atom. The van der Waals surface area contributed by atoms with E-state index in [1.807, 2.05) is 16.8 Å². The number of hydrogen-bond donors (Lipinski definition) is 0. The summed E-state index contributed by atoms with van der Waals surface area (Å²) in [7, 11) is 3.99. The summed E-state index contributed by atoms with van der Waals surface area (Å²) < 4.78 is 0. The second kappa shape index (κ2) is 8.11. The van der Waals surface area contributed by atoms with Gasteiger partial charge in [-0.15, -0.1) is 0 Å². The number of fused-ring (bicyclic) bond motifs is 3. The third kappa shape index (κ3) is 3.71. The fourth-order valence-corrected chi connectivity index (χ4v) is 4.42. The first kappa shape index (κ1) is 18.7. The lowest BCUT2D eigenvalue weighted by molar-refractivity contribution is -0.140. The number of rotatable bonds is 4. The second-order valence-electron chi connectivity index (χ2n) is 7.71. The molecule has 2 amide bonds. The predicted molar refractivity (Wildman–Crippen MR) is 104 cm³/mol. The van der Waals surface area contributed by atoms with E-state index in [1.54, 1.807) is 0 Å². The fourth-order valence-electron chi connectivity index (χ4n) is 4.42. The molecular formula is C21H31N3O2. The van der Waals surface area contributed by atoms with E-state index in [1.165, 1.54) is 11.3 Å². The van der Waals surface area contributed by atoms with Crippen molar-refractivity contribution in [1.82, 2.24) is 9.80 Å². The van der Waals surface area contributed by atoms with Crippen molar-refractivity contribution in [3.05, 3.63) is 29.8 Å². The van der Waals surface area contributed by atoms with Gasteiger partial charge in [-0.05, 0) is 18.1 Å². The summed E-state index contributed by atoms with van der Waals surface area (Å²) in [5, 5.41) is 0. The van der Waals surface area contributed by atoms with E-state index in [9.17, 15) is 9.59 Å². The van der Waals surface area contributed by atoms with Crippen LogP contribution < -0.4 is 4.90 Å². The van der Waals surface area contributed by atoms with Gasteiger partial charge in [-0.1, -0.05) is 38.0 Å². The molecule has 2 aliphatic rings. The Bertz CT molecular complexity index is 660. The Kier molecular flexibility index (Phi) is 5.84. The Morgan fingerprint density at radius 3 is 2.62 bits per heavy atom. The van der Waals surface area contributed by atoms with Gasteiger partial charge in [0.1, 0.15) is 0 Å². The molecule has 0 radical (unpaired) electrons. The van der Waals surface area contributed by atoms with E-state index in [-0.39, 0.29) is 23.8 Å². The minimum atomic E-state index is 0.0621. The number of benzene rings is 1. The van der Waals surface area contributed by atoms with Gasteiger partial charge < -0.3 is 14.7 Å². The molecule has 0 aliphatic carbocycles. The van der Waals surface area contributed by atoms with Crippen molar-refractivity contribution in [3.63, 3.8) is 0 Å². The molecular weight excluding hydrogens is 326 g/mol. The van der Waals surface area contributed by atoms with E-state index in [0.717, 1.165) is 25.8 Å². The van der Waals surface area contributed by atoms with Crippen LogP contribution in [-0.4, -0.2) is 55.3 Å². The molecule has 5 nitrogen and oxygen atoms in total. The number of nitrogens with zero attached hydrogens (tertiary/aromatic N) is 3. The van der Waals surface area contributed by atoms with Gasteiger partial charge in [0, 0.05) is 58.2 Å². The third-order valence-corrected chi connectivity index (χ3v) is 5.77. The largest absolute Gasteiger partial charge is 0.374 e. The van der Waals surface area contributed by atoms with Gasteiger partial charge in [0.05, 0.1) is 6.04 Å². The van der Waals surface area contributed by atoms with Crippen LogP contribution in [0.15, 0.2) is 24.3 Å². The van der Waals surface area contributed by atoms with Gasteiger partial charge in [-0.2, -0.15) is 0 Å². The Labute approximate surface area is 156 Å². The lowest BCUT2D eigenvalue weighted by atomic mass is 9.84. The molecule has 1 aromatic carbocycles. The molecule has 0 spiro atoms. The zero-order valence-corrected chi connectivity index (χ0v) is 16.3. The minimum Gasteiger partial charge on any atom is -0.374 e. The monoisotopic (exact) mass is 357 g/mol. The highest BCUT2D eigenvalue weighted by molar-refractivity contribution is 5.80. The number of carbonyl (C=O) groups is 2. The number of unbranched alkanes of at least 4 members (excludes halogenated alkanes) is 2. The Balaban J connectivity index is 1.95. The van der Waals surface area contributed by atoms with Gasteiger partial charge in [0.15, 0.2) is 0 Å². The molecule has 5 heteroatoms. The van der Waals surface area contributed by atoms with E-state index >= 15 is 0 Å².